The van der Waals surface area contributed by atoms with Crippen LogP contribution in [0.5, 0.6) is 0 Å². The molecule has 2 N–H and O–H groups in total. The molecule has 2 rings (SSSR count). The van der Waals surface area contributed by atoms with Crippen molar-refractivity contribution in [3.8, 4) is 0 Å². The van der Waals surface area contributed by atoms with Gasteiger partial charge in [0.25, 0.3) is 0 Å². The molecule has 2 atom stereocenters. The van der Waals surface area contributed by atoms with E-state index in [9.17, 15) is 19.5 Å². The monoisotopic (exact) mass is 267 g/mol. The molecule has 8 nitrogen and oxygen atoms in total. The quantitative estimate of drug-likeness (QED) is 0.674. The van der Waals surface area contributed by atoms with Gasteiger partial charge < -0.3 is 15.1 Å². The van der Waals surface area contributed by atoms with Crippen molar-refractivity contribution in [2.24, 2.45) is 0 Å². The highest BCUT2D eigenvalue weighted by Crippen LogP contribution is 2.18. The Morgan fingerprint density at radius 1 is 1.47 bits per heavy atom. The van der Waals surface area contributed by atoms with E-state index in [0.717, 1.165) is 9.47 Å². The largest absolute Gasteiger partial charge is 0.480 e. The zero-order chi connectivity index (χ0) is 14.0. The Hall–Kier alpha value is -2.22. The van der Waals surface area contributed by atoms with Crippen molar-refractivity contribution >= 4 is 11.9 Å². The summed E-state index contributed by atoms with van der Waals surface area (Å²) >= 11 is 0. The van der Waals surface area contributed by atoms with E-state index in [-0.39, 0.29) is 19.5 Å². The van der Waals surface area contributed by atoms with E-state index in [1.54, 1.807) is 0 Å². The molecular weight excluding hydrogens is 254 g/mol. The summed E-state index contributed by atoms with van der Waals surface area (Å²) in [5, 5.41) is 18.4. The third-order valence-electron chi connectivity index (χ3n) is 2.97. The van der Waals surface area contributed by atoms with Crippen LogP contribution in [0.15, 0.2) is 23.3 Å². The number of hydrogen-bond donors (Lipinski definition) is 2. The Kier molecular flexibility index (Phi) is 3.61. The first-order chi connectivity index (χ1) is 8.99. The van der Waals surface area contributed by atoms with Gasteiger partial charge in [-0.05, 0) is 6.07 Å². The van der Waals surface area contributed by atoms with Gasteiger partial charge in [0.2, 0.25) is 5.91 Å². The summed E-state index contributed by atoms with van der Waals surface area (Å²) in [7, 11) is 0. The molecule has 1 amide bonds. The number of likely N-dealkylation sites (tertiary alicyclic amines) is 1. The number of aliphatic hydroxyl groups is 1. The topological polar surface area (TPSA) is 113 Å². The zero-order valence-electron chi connectivity index (χ0n) is 9.97. The number of rotatable bonds is 3. The van der Waals surface area contributed by atoms with Crippen molar-refractivity contribution < 1.29 is 19.8 Å². The van der Waals surface area contributed by atoms with E-state index in [2.05, 4.69) is 4.98 Å². The van der Waals surface area contributed by atoms with Gasteiger partial charge in [-0.15, -0.1) is 0 Å². The Bertz CT molecular complexity index is 555. The normalized spacial score (nSPS) is 22.5. The number of carbonyl (C=O) groups is 2. The smallest absolute Gasteiger partial charge is 0.347 e. The lowest BCUT2D eigenvalue weighted by molar-refractivity contribution is -0.148. The number of aromatic nitrogens is 2. The summed E-state index contributed by atoms with van der Waals surface area (Å²) in [4.78, 5) is 38.9. The Morgan fingerprint density at radius 2 is 2.21 bits per heavy atom. The molecule has 1 unspecified atom stereocenters. The second-order valence-electron chi connectivity index (χ2n) is 4.32. The van der Waals surface area contributed by atoms with Crippen LogP contribution in [0, 0.1) is 0 Å². The van der Waals surface area contributed by atoms with Gasteiger partial charge in [-0.1, -0.05) is 0 Å². The van der Waals surface area contributed by atoms with Crippen LogP contribution in [0.2, 0.25) is 0 Å². The zero-order valence-corrected chi connectivity index (χ0v) is 9.97. The minimum atomic E-state index is -1.16. The summed E-state index contributed by atoms with van der Waals surface area (Å²) in [6, 6.07) is 0.456. The lowest BCUT2D eigenvalue weighted by Gasteiger charge is -2.21. The lowest BCUT2D eigenvalue weighted by atomic mass is 10.2. The van der Waals surface area contributed by atoms with Gasteiger partial charge >= 0.3 is 11.7 Å². The molecule has 1 aromatic rings. The van der Waals surface area contributed by atoms with E-state index in [1.165, 1.54) is 18.5 Å². The molecule has 1 aliphatic rings. The van der Waals surface area contributed by atoms with Crippen molar-refractivity contribution in [2.75, 3.05) is 6.54 Å². The molecule has 19 heavy (non-hydrogen) atoms. The molecule has 1 aliphatic heterocycles. The molecule has 0 spiro atoms. The Morgan fingerprint density at radius 3 is 2.84 bits per heavy atom. The van der Waals surface area contributed by atoms with E-state index >= 15 is 0 Å². The standard InChI is InChI=1S/C11H13N3O5/c15-7-4-8(10(17)18)14(5-7)9(16)6-13-3-1-2-12-11(13)19/h1-3,7-8,15H,4-6H2,(H,17,18)/t7?,8-/m0/s1. The molecule has 1 saturated heterocycles. The van der Waals surface area contributed by atoms with Gasteiger partial charge in [0, 0.05) is 25.4 Å². The van der Waals surface area contributed by atoms with Crippen molar-refractivity contribution in [2.45, 2.75) is 25.1 Å². The number of carboxylic acid groups (broad SMARTS) is 1. The number of nitrogens with zero attached hydrogens (tertiary/aromatic N) is 3. The van der Waals surface area contributed by atoms with Gasteiger partial charge in [0.1, 0.15) is 12.6 Å². The summed E-state index contributed by atoms with van der Waals surface area (Å²) in [6.07, 6.45) is 1.86. The van der Waals surface area contributed by atoms with Crippen LogP contribution in [0.1, 0.15) is 6.42 Å². The average molecular weight is 267 g/mol. The predicted molar refractivity (Wildman–Crippen MR) is 62.3 cm³/mol. The summed E-state index contributed by atoms with van der Waals surface area (Å²) in [6.45, 7) is -0.325. The van der Waals surface area contributed by atoms with E-state index < -0.39 is 29.7 Å². The fourth-order valence-electron chi connectivity index (χ4n) is 2.07. The van der Waals surface area contributed by atoms with Crippen molar-refractivity contribution in [1.82, 2.24) is 14.5 Å². The van der Waals surface area contributed by atoms with Crippen LogP contribution in [-0.4, -0.2) is 55.2 Å². The van der Waals surface area contributed by atoms with Crippen LogP contribution < -0.4 is 5.69 Å². The van der Waals surface area contributed by atoms with E-state index in [0.29, 0.717) is 0 Å². The van der Waals surface area contributed by atoms with Crippen LogP contribution >= 0.6 is 0 Å². The summed E-state index contributed by atoms with van der Waals surface area (Å²) < 4.78 is 1.09. The Labute approximate surface area is 107 Å². The number of hydrogen-bond acceptors (Lipinski definition) is 5. The molecule has 0 bridgehead atoms. The molecule has 0 saturated carbocycles. The van der Waals surface area contributed by atoms with Crippen molar-refractivity contribution in [3.05, 3.63) is 28.9 Å². The first kappa shape index (κ1) is 13.2. The third-order valence-corrected chi connectivity index (χ3v) is 2.97. The minimum Gasteiger partial charge on any atom is -0.480 e. The van der Waals surface area contributed by atoms with Crippen LogP contribution in [0.4, 0.5) is 0 Å². The van der Waals surface area contributed by atoms with E-state index in [4.69, 9.17) is 5.11 Å². The average Bonchev–Trinajstić information content (AvgIpc) is 2.74. The molecular formula is C11H13N3O5. The highest BCUT2D eigenvalue weighted by atomic mass is 16.4. The fourth-order valence-corrected chi connectivity index (χ4v) is 2.07. The van der Waals surface area contributed by atoms with Gasteiger partial charge in [-0.25, -0.2) is 14.6 Å². The van der Waals surface area contributed by atoms with Crippen molar-refractivity contribution in [1.29, 1.82) is 0 Å². The van der Waals surface area contributed by atoms with Gasteiger partial charge in [-0.3, -0.25) is 9.36 Å². The highest BCUT2D eigenvalue weighted by Gasteiger charge is 2.38. The lowest BCUT2D eigenvalue weighted by Crippen LogP contribution is -2.43. The van der Waals surface area contributed by atoms with Crippen LogP contribution in [0.3, 0.4) is 0 Å². The predicted octanol–water partition coefficient (Wildman–Crippen LogP) is -1.71. The van der Waals surface area contributed by atoms with E-state index in [1.807, 2.05) is 0 Å². The van der Waals surface area contributed by atoms with Crippen LogP contribution in [-0.2, 0) is 16.1 Å². The van der Waals surface area contributed by atoms with Gasteiger partial charge in [-0.2, -0.15) is 0 Å². The first-order valence-corrected chi connectivity index (χ1v) is 5.71. The molecule has 102 valence electrons. The number of carbonyl (C=O) groups excluding carboxylic acids is 1. The minimum absolute atomic E-state index is 0.00299. The van der Waals surface area contributed by atoms with Crippen LogP contribution in [0.25, 0.3) is 0 Å². The summed E-state index contributed by atoms with van der Waals surface area (Å²) in [5.41, 5.74) is -0.581. The van der Waals surface area contributed by atoms with Crippen molar-refractivity contribution in [3.63, 3.8) is 0 Å². The maximum Gasteiger partial charge on any atom is 0.347 e. The molecule has 0 aromatic carbocycles. The molecule has 8 heteroatoms. The third kappa shape index (κ3) is 2.79. The molecule has 2 heterocycles. The SMILES string of the molecule is O=C(O)[C@@H]1CC(O)CN1C(=O)Cn1cccnc1=O. The fraction of sp³-hybridized carbons (Fsp3) is 0.455. The number of carboxylic acids is 1. The van der Waals surface area contributed by atoms with Gasteiger partial charge in [0.15, 0.2) is 0 Å². The highest BCUT2D eigenvalue weighted by molar-refractivity contribution is 5.84. The molecule has 0 aliphatic carbocycles. The summed E-state index contributed by atoms with van der Waals surface area (Å²) in [5.74, 6) is -1.69. The Balaban J connectivity index is 2.14. The number of aliphatic carboxylic acids is 1. The second kappa shape index (κ2) is 5.19. The number of aliphatic hydroxyl groups excluding tert-OH is 1. The number of β-amino-alcohol motifs (C(OH)–C–C–N with tert-alkyl or cyclic N) is 1. The second-order valence-corrected chi connectivity index (χ2v) is 4.32. The molecule has 1 aromatic heterocycles. The number of amides is 1. The van der Waals surface area contributed by atoms with Gasteiger partial charge in [0.05, 0.1) is 6.10 Å². The maximum absolute atomic E-state index is 12.0. The maximum atomic E-state index is 12.0. The molecule has 0 radical (unpaired) electrons. The molecule has 1 fully saturated rings. The first-order valence-electron chi connectivity index (χ1n) is 5.71.